The van der Waals surface area contributed by atoms with E-state index in [1.165, 1.54) is 18.7 Å². The number of fused-ring (bicyclic) bond motifs is 2. The number of likely N-dealkylation sites (tertiary alicyclic amines) is 1. The van der Waals surface area contributed by atoms with Crippen LogP contribution in [-0.4, -0.2) is 40.6 Å². The Morgan fingerprint density at radius 3 is 2.33 bits per heavy atom. The van der Waals surface area contributed by atoms with Gasteiger partial charge < -0.3 is 5.43 Å². The molecule has 2 atom stereocenters. The van der Waals surface area contributed by atoms with Crippen LogP contribution in [0.5, 0.6) is 0 Å². The van der Waals surface area contributed by atoms with Crippen LogP contribution in [-0.2, 0) is 0 Å². The van der Waals surface area contributed by atoms with Crippen molar-refractivity contribution in [2.75, 3.05) is 18.5 Å². The maximum atomic E-state index is 3.55. The predicted molar refractivity (Wildman–Crippen MR) is 75.4 cm³/mol. The fraction of sp³-hybridized carbons (Fsp3) is 0.600. The Morgan fingerprint density at radius 1 is 1.06 bits per heavy atom. The van der Waals surface area contributed by atoms with E-state index in [-0.39, 0.29) is 0 Å². The first-order valence-electron chi connectivity index (χ1n) is 6.89. The van der Waals surface area contributed by atoms with E-state index in [0.29, 0.717) is 17.6 Å². The fourth-order valence-electron chi connectivity index (χ4n) is 3.30. The van der Waals surface area contributed by atoms with Crippen molar-refractivity contribution in [3.05, 3.63) is 30.3 Å². The number of nitrogens with zero attached hydrogens (tertiary/aromatic N) is 2. The molecule has 3 rings (SSSR count). The van der Waals surface area contributed by atoms with Crippen molar-refractivity contribution >= 4 is 5.69 Å². The Labute approximate surface area is 110 Å². The SMILES string of the molecule is CC(C)(C)N1C[C@@H]2C[C@H]1CN2Nc1ccccc1. The highest BCUT2D eigenvalue weighted by molar-refractivity contribution is 5.41. The molecule has 3 heteroatoms. The zero-order valence-corrected chi connectivity index (χ0v) is 11.6. The van der Waals surface area contributed by atoms with Crippen molar-refractivity contribution in [1.82, 2.24) is 9.91 Å². The summed E-state index contributed by atoms with van der Waals surface area (Å²) in [6.07, 6.45) is 1.30. The molecule has 0 unspecified atom stereocenters. The number of hydrogen-bond donors (Lipinski definition) is 1. The van der Waals surface area contributed by atoms with Gasteiger partial charge in [-0.2, -0.15) is 0 Å². The fourth-order valence-corrected chi connectivity index (χ4v) is 3.30. The number of anilines is 1. The third-order valence-corrected chi connectivity index (χ3v) is 4.15. The van der Waals surface area contributed by atoms with E-state index < -0.39 is 0 Å². The summed E-state index contributed by atoms with van der Waals surface area (Å²) in [4.78, 5) is 2.65. The lowest BCUT2D eigenvalue weighted by atomic mass is 10.0. The second-order valence-corrected chi connectivity index (χ2v) is 6.50. The maximum Gasteiger partial charge on any atom is 0.0490 e. The molecule has 0 saturated carbocycles. The van der Waals surface area contributed by atoms with Gasteiger partial charge in [-0.3, -0.25) is 4.90 Å². The molecule has 2 aliphatic rings. The lowest BCUT2D eigenvalue weighted by molar-refractivity contribution is 0.0671. The van der Waals surface area contributed by atoms with Gasteiger partial charge in [-0.25, -0.2) is 5.01 Å². The van der Waals surface area contributed by atoms with E-state index in [9.17, 15) is 0 Å². The van der Waals surface area contributed by atoms with Crippen LogP contribution in [0.4, 0.5) is 5.69 Å². The van der Waals surface area contributed by atoms with Crippen LogP contribution >= 0.6 is 0 Å². The van der Waals surface area contributed by atoms with E-state index in [1.807, 2.05) is 0 Å². The quantitative estimate of drug-likeness (QED) is 0.864. The van der Waals surface area contributed by atoms with E-state index in [4.69, 9.17) is 0 Å². The zero-order chi connectivity index (χ0) is 12.8. The maximum absolute atomic E-state index is 3.55. The number of rotatable bonds is 2. The molecule has 0 spiro atoms. The molecule has 1 aromatic carbocycles. The van der Waals surface area contributed by atoms with Crippen molar-refractivity contribution in [2.45, 2.75) is 44.8 Å². The van der Waals surface area contributed by atoms with Gasteiger partial charge in [-0.05, 0) is 39.3 Å². The first-order chi connectivity index (χ1) is 8.54. The molecule has 0 aliphatic carbocycles. The third kappa shape index (κ3) is 2.13. The molecule has 2 heterocycles. The highest BCUT2D eigenvalue weighted by atomic mass is 15.6. The van der Waals surface area contributed by atoms with Gasteiger partial charge in [0.1, 0.15) is 0 Å². The van der Waals surface area contributed by atoms with Gasteiger partial charge in [0, 0.05) is 36.4 Å². The molecule has 2 bridgehead atoms. The molecule has 0 aromatic heterocycles. The summed E-state index contributed by atoms with van der Waals surface area (Å²) in [5.41, 5.74) is 5.06. The van der Waals surface area contributed by atoms with Gasteiger partial charge in [0.2, 0.25) is 0 Å². The molecule has 1 aromatic rings. The molecule has 2 saturated heterocycles. The number of piperazine rings is 1. The van der Waals surface area contributed by atoms with Crippen molar-refractivity contribution in [1.29, 1.82) is 0 Å². The summed E-state index contributed by atoms with van der Waals surface area (Å²) in [7, 11) is 0. The van der Waals surface area contributed by atoms with Crippen molar-refractivity contribution in [3.63, 3.8) is 0 Å². The molecular formula is C15H23N3. The topological polar surface area (TPSA) is 18.5 Å². The van der Waals surface area contributed by atoms with Gasteiger partial charge in [0.05, 0.1) is 0 Å². The highest BCUT2D eigenvalue weighted by Gasteiger charge is 2.46. The van der Waals surface area contributed by atoms with Crippen LogP contribution in [0.15, 0.2) is 30.3 Å². The summed E-state index contributed by atoms with van der Waals surface area (Å²) in [6.45, 7) is 9.29. The molecule has 0 amide bonds. The average Bonchev–Trinajstić information content (AvgIpc) is 2.89. The third-order valence-electron chi connectivity index (χ3n) is 4.15. The first kappa shape index (κ1) is 12.0. The number of hydrazine groups is 1. The van der Waals surface area contributed by atoms with Gasteiger partial charge in [-0.15, -0.1) is 0 Å². The lowest BCUT2D eigenvalue weighted by Gasteiger charge is -2.42. The second kappa shape index (κ2) is 4.25. The number of nitrogens with one attached hydrogen (secondary N) is 1. The van der Waals surface area contributed by atoms with Crippen molar-refractivity contribution in [2.24, 2.45) is 0 Å². The first-order valence-corrected chi connectivity index (χ1v) is 6.89. The number of hydrogen-bond acceptors (Lipinski definition) is 3. The summed E-state index contributed by atoms with van der Waals surface area (Å²) in [5, 5.41) is 2.42. The monoisotopic (exact) mass is 245 g/mol. The summed E-state index contributed by atoms with van der Waals surface area (Å²) < 4.78 is 0. The van der Waals surface area contributed by atoms with Gasteiger partial charge in [0.15, 0.2) is 0 Å². The molecule has 18 heavy (non-hydrogen) atoms. The Kier molecular flexibility index (Phi) is 2.83. The minimum Gasteiger partial charge on any atom is -0.319 e. The van der Waals surface area contributed by atoms with E-state index in [2.05, 4.69) is 66.4 Å². The van der Waals surface area contributed by atoms with Gasteiger partial charge in [-0.1, -0.05) is 18.2 Å². The van der Waals surface area contributed by atoms with Crippen LogP contribution in [0.3, 0.4) is 0 Å². The molecule has 98 valence electrons. The summed E-state index contributed by atoms with van der Waals surface area (Å²) in [6, 6.07) is 11.9. The standard InChI is InChI=1S/C15H23N3/c1-15(2,3)17-10-14-9-13(17)11-18(14)16-12-7-5-4-6-8-12/h4-8,13-14,16H,9-11H2,1-3H3/t13-,14-/m0/s1. The Balaban J connectivity index is 1.64. The minimum atomic E-state index is 0.304. The number of benzene rings is 1. The molecular weight excluding hydrogens is 222 g/mol. The van der Waals surface area contributed by atoms with E-state index in [1.54, 1.807) is 0 Å². The van der Waals surface area contributed by atoms with Crippen LogP contribution in [0.25, 0.3) is 0 Å². The van der Waals surface area contributed by atoms with Gasteiger partial charge >= 0.3 is 0 Å². The molecule has 2 fully saturated rings. The predicted octanol–water partition coefficient (Wildman–Crippen LogP) is 2.57. The molecule has 2 aliphatic heterocycles. The molecule has 0 radical (unpaired) electrons. The molecule has 3 nitrogen and oxygen atoms in total. The average molecular weight is 245 g/mol. The zero-order valence-electron chi connectivity index (χ0n) is 11.6. The number of para-hydroxylation sites is 1. The van der Waals surface area contributed by atoms with Crippen LogP contribution in [0.1, 0.15) is 27.2 Å². The van der Waals surface area contributed by atoms with Crippen LogP contribution in [0, 0.1) is 0 Å². The van der Waals surface area contributed by atoms with Gasteiger partial charge in [0.25, 0.3) is 0 Å². The largest absolute Gasteiger partial charge is 0.319 e. The summed E-state index contributed by atoms with van der Waals surface area (Å²) >= 11 is 0. The summed E-state index contributed by atoms with van der Waals surface area (Å²) in [5.74, 6) is 0. The Morgan fingerprint density at radius 2 is 1.78 bits per heavy atom. The van der Waals surface area contributed by atoms with Crippen molar-refractivity contribution in [3.8, 4) is 0 Å². The smallest absolute Gasteiger partial charge is 0.0490 e. The van der Waals surface area contributed by atoms with E-state index >= 15 is 0 Å². The molecule has 1 N–H and O–H groups in total. The minimum absolute atomic E-state index is 0.304. The second-order valence-electron chi connectivity index (χ2n) is 6.50. The highest BCUT2D eigenvalue weighted by Crippen LogP contribution is 2.35. The Hall–Kier alpha value is -1.06. The van der Waals surface area contributed by atoms with E-state index in [0.717, 1.165) is 6.54 Å². The Bertz CT molecular complexity index is 409. The normalized spacial score (nSPS) is 28.8. The van der Waals surface area contributed by atoms with Crippen molar-refractivity contribution < 1.29 is 0 Å². The lowest BCUT2D eigenvalue weighted by Crippen LogP contribution is -2.54. The van der Waals surface area contributed by atoms with Crippen LogP contribution in [0.2, 0.25) is 0 Å². The van der Waals surface area contributed by atoms with Crippen LogP contribution < -0.4 is 5.43 Å².